The number of aromatic nitrogens is 2. The second kappa shape index (κ2) is 25.8. The molecule has 0 spiro atoms. The Morgan fingerprint density at radius 3 is 1.33 bits per heavy atom. The van der Waals surface area contributed by atoms with Gasteiger partial charge in [0.15, 0.2) is 0 Å². The molecule has 0 aliphatic rings. The van der Waals surface area contributed by atoms with Crippen molar-refractivity contribution >= 4 is 0 Å². The lowest BCUT2D eigenvalue weighted by Crippen LogP contribution is -2.37. The summed E-state index contributed by atoms with van der Waals surface area (Å²) in [6.45, 7) is 9.38. The number of hydrogen-bond acceptors (Lipinski definition) is 0. The van der Waals surface area contributed by atoms with Crippen LogP contribution >= 0.6 is 0 Å². The molecule has 0 saturated carbocycles. The van der Waals surface area contributed by atoms with Crippen molar-refractivity contribution in [1.82, 2.24) is 4.57 Å². The fourth-order valence-electron chi connectivity index (χ4n) is 5.62. The molecule has 0 saturated heterocycles. The monoisotopic (exact) mass is 504 g/mol. The molecular weight excluding hydrogens is 436 g/mol. The normalized spacial score (nSPS) is 11.5. The molecule has 0 aliphatic carbocycles. The second-order valence-electron chi connectivity index (χ2n) is 11.6. The molecule has 0 unspecified atom stereocenters. The fraction of sp³-hybridized carbons (Fsp3) is 0.912. The summed E-state index contributed by atoms with van der Waals surface area (Å²) < 4.78 is 5.20. The molecule has 36 heavy (non-hydrogen) atoms. The van der Waals surface area contributed by atoms with Crippen molar-refractivity contribution in [2.24, 2.45) is 0 Å². The molecule has 1 aromatic rings. The van der Waals surface area contributed by atoms with Crippen molar-refractivity contribution in [1.29, 1.82) is 0 Å². The number of aryl methyl sites for hydroxylation is 2. The molecule has 0 bridgehead atoms. The third-order valence-corrected chi connectivity index (χ3v) is 8.10. The van der Waals surface area contributed by atoms with Gasteiger partial charge in [-0.25, -0.2) is 9.13 Å². The molecule has 1 heterocycles. The summed E-state index contributed by atoms with van der Waals surface area (Å²) in [5.41, 5.74) is 0. The first kappa shape index (κ1) is 33.2. The van der Waals surface area contributed by atoms with Crippen molar-refractivity contribution in [2.75, 3.05) is 0 Å². The van der Waals surface area contributed by atoms with E-state index in [4.69, 9.17) is 0 Å². The van der Waals surface area contributed by atoms with Gasteiger partial charge in [-0.3, -0.25) is 0 Å². The molecule has 0 amide bonds. The molecule has 2 heteroatoms. The highest BCUT2D eigenvalue weighted by molar-refractivity contribution is 4.84. The first-order valence-corrected chi connectivity index (χ1v) is 16.9. The van der Waals surface area contributed by atoms with Crippen LogP contribution in [0.25, 0.3) is 0 Å². The van der Waals surface area contributed by atoms with E-state index in [2.05, 4.69) is 42.3 Å². The van der Waals surface area contributed by atoms with Crippen LogP contribution in [0.2, 0.25) is 0 Å². The molecule has 0 fully saturated rings. The minimum atomic E-state index is 1.22. The molecule has 212 valence electrons. The topological polar surface area (TPSA) is 8.81 Å². The van der Waals surface area contributed by atoms with E-state index < -0.39 is 0 Å². The summed E-state index contributed by atoms with van der Waals surface area (Å²) in [7, 11) is 0. The molecule has 1 rings (SSSR count). The quantitative estimate of drug-likeness (QED) is 0.0794. The van der Waals surface area contributed by atoms with Gasteiger partial charge >= 0.3 is 0 Å². The highest BCUT2D eigenvalue weighted by Crippen LogP contribution is 2.14. The van der Waals surface area contributed by atoms with Gasteiger partial charge in [0.25, 0.3) is 5.82 Å². The van der Waals surface area contributed by atoms with E-state index in [1.807, 2.05) is 0 Å². The lowest BCUT2D eigenvalue weighted by atomic mass is 10.0. The molecule has 0 atom stereocenters. The maximum absolute atomic E-state index is 2.61. The van der Waals surface area contributed by atoms with Crippen LogP contribution in [0.4, 0.5) is 0 Å². The highest BCUT2D eigenvalue weighted by Gasteiger charge is 2.16. The standard InChI is InChI=1S/C34H67N2/c1-4-7-10-13-14-15-16-17-18-19-20-21-22-25-28-31-36-33-32-35(30-27-24-12-9-6-3)34(36)29-26-23-11-8-5-2/h32-33H,4-31H2,1-3H3/q+1. The maximum Gasteiger partial charge on any atom is 0.256 e. The van der Waals surface area contributed by atoms with Crippen molar-refractivity contribution < 1.29 is 4.57 Å². The molecular formula is C34H67N2+. The van der Waals surface area contributed by atoms with E-state index >= 15 is 0 Å². The first-order valence-electron chi connectivity index (χ1n) is 16.9. The van der Waals surface area contributed by atoms with Gasteiger partial charge in [0, 0.05) is 6.42 Å². The number of nitrogens with zero attached hydrogens (tertiary/aromatic N) is 2. The Bertz CT molecular complexity index is 562. The van der Waals surface area contributed by atoms with Gasteiger partial charge in [-0.1, -0.05) is 149 Å². The van der Waals surface area contributed by atoms with Gasteiger partial charge in [0.05, 0.1) is 13.1 Å². The third-order valence-electron chi connectivity index (χ3n) is 8.10. The van der Waals surface area contributed by atoms with Gasteiger partial charge in [-0.2, -0.15) is 0 Å². The minimum absolute atomic E-state index is 1.22. The van der Waals surface area contributed by atoms with Crippen LogP contribution in [-0.2, 0) is 19.5 Å². The SMILES string of the molecule is CCCCCCCCCCCCCCCCC[n+]1ccn(CCCCCCC)c1CCCCCCC. The van der Waals surface area contributed by atoms with E-state index in [1.54, 1.807) is 5.82 Å². The summed E-state index contributed by atoms with van der Waals surface area (Å²) >= 11 is 0. The second-order valence-corrected chi connectivity index (χ2v) is 11.6. The Hall–Kier alpha value is -0.790. The molecule has 0 aliphatic heterocycles. The number of hydrogen-bond donors (Lipinski definition) is 0. The van der Waals surface area contributed by atoms with Crippen molar-refractivity contribution in [3.63, 3.8) is 0 Å². The average Bonchev–Trinajstić information content (AvgIpc) is 3.27. The Morgan fingerprint density at radius 1 is 0.472 bits per heavy atom. The van der Waals surface area contributed by atoms with E-state index in [0.717, 1.165) is 0 Å². The van der Waals surface area contributed by atoms with Gasteiger partial charge in [-0.15, -0.1) is 0 Å². The van der Waals surface area contributed by atoms with E-state index in [9.17, 15) is 0 Å². The van der Waals surface area contributed by atoms with Crippen LogP contribution in [-0.4, -0.2) is 4.57 Å². The van der Waals surface area contributed by atoms with Crippen LogP contribution in [0.1, 0.15) is 187 Å². The summed E-state index contributed by atoms with van der Waals surface area (Å²) in [5.74, 6) is 1.60. The van der Waals surface area contributed by atoms with Crippen LogP contribution < -0.4 is 4.57 Å². The Balaban J connectivity index is 2.17. The van der Waals surface area contributed by atoms with Crippen LogP contribution in [0, 0.1) is 0 Å². The molecule has 0 radical (unpaired) electrons. The smallest absolute Gasteiger partial charge is 0.234 e. The zero-order valence-electron chi connectivity index (χ0n) is 25.3. The van der Waals surface area contributed by atoms with Gasteiger partial charge < -0.3 is 0 Å². The van der Waals surface area contributed by atoms with Crippen molar-refractivity contribution in [3.05, 3.63) is 18.2 Å². The number of rotatable bonds is 28. The Kier molecular flexibility index (Phi) is 23.9. The zero-order chi connectivity index (χ0) is 25.9. The summed E-state index contributed by atoms with van der Waals surface area (Å²) in [5, 5.41) is 0. The molecule has 2 nitrogen and oxygen atoms in total. The first-order chi connectivity index (χ1) is 17.8. The lowest BCUT2D eigenvalue weighted by molar-refractivity contribution is -0.704. The average molecular weight is 504 g/mol. The van der Waals surface area contributed by atoms with Gasteiger partial charge in [0.2, 0.25) is 0 Å². The molecule has 0 N–H and O–H groups in total. The zero-order valence-corrected chi connectivity index (χ0v) is 25.3. The molecule has 1 aromatic heterocycles. The summed E-state index contributed by atoms with van der Waals surface area (Å²) in [6, 6.07) is 0. The van der Waals surface area contributed by atoms with Gasteiger partial charge in [0.1, 0.15) is 12.4 Å². The largest absolute Gasteiger partial charge is 0.256 e. The van der Waals surface area contributed by atoms with Crippen molar-refractivity contribution in [3.8, 4) is 0 Å². The predicted octanol–water partition coefficient (Wildman–Crippen LogP) is 11.1. The number of imidazole rings is 1. The molecule has 0 aromatic carbocycles. The maximum atomic E-state index is 2.61. The van der Waals surface area contributed by atoms with Crippen LogP contribution in [0.3, 0.4) is 0 Å². The Labute approximate surface area is 228 Å². The van der Waals surface area contributed by atoms with E-state index in [0.29, 0.717) is 0 Å². The fourth-order valence-corrected chi connectivity index (χ4v) is 5.62. The minimum Gasteiger partial charge on any atom is -0.234 e. The predicted molar refractivity (Wildman–Crippen MR) is 161 cm³/mol. The van der Waals surface area contributed by atoms with E-state index in [1.165, 1.54) is 180 Å². The van der Waals surface area contributed by atoms with Crippen LogP contribution in [0.5, 0.6) is 0 Å². The summed E-state index contributed by atoms with van der Waals surface area (Å²) in [4.78, 5) is 0. The van der Waals surface area contributed by atoms with E-state index in [-0.39, 0.29) is 0 Å². The van der Waals surface area contributed by atoms with Gasteiger partial charge in [-0.05, 0) is 32.1 Å². The Morgan fingerprint density at radius 2 is 0.861 bits per heavy atom. The highest BCUT2D eigenvalue weighted by atomic mass is 15.1. The lowest BCUT2D eigenvalue weighted by Gasteiger charge is -2.07. The third kappa shape index (κ3) is 18.5. The van der Waals surface area contributed by atoms with Crippen molar-refractivity contribution in [2.45, 2.75) is 201 Å². The summed E-state index contributed by atoms with van der Waals surface area (Å²) in [6.07, 6.45) is 41.5. The number of unbranched alkanes of at least 4 members (excludes halogenated alkanes) is 22. The van der Waals surface area contributed by atoms with Crippen LogP contribution in [0.15, 0.2) is 12.4 Å².